The molecule has 1 nitrogen and oxygen atoms in total. The van der Waals surface area contributed by atoms with Gasteiger partial charge in [0.1, 0.15) is 11.5 Å². The first-order chi connectivity index (χ1) is 10.6. The zero-order valence-corrected chi connectivity index (χ0v) is 14.9. The lowest BCUT2D eigenvalue weighted by Crippen LogP contribution is -2.24. The molecule has 0 unspecified atom stereocenters. The van der Waals surface area contributed by atoms with E-state index in [2.05, 4.69) is 39.5 Å². The molecular formula is C21H34O. The second-order valence-electron chi connectivity index (χ2n) is 7.51. The minimum atomic E-state index is 0.282. The molecule has 1 fully saturated rings. The molecule has 0 aliphatic heterocycles. The lowest BCUT2D eigenvalue weighted by atomic mass is 9.71. The summed E-state index contributed by atoms with van der Waals surface area (Å²) in [5.41, 5.74) is 1.74. The topological polar surface area (TPSA) is 13.1 Å². The Balaban J connectivity index is 2.17. The van der Waals surface area contributed by atoms with Crippen molar-refractivity contribution in [2.24, 2.45) is 5.41 Å². The van der Waals surface area contributed by atoms with Crippen LogP contribution in [0.3, 0.4) is 0 Å². The summed E-state index contributed by atoms with van der Waals surface area (Å²) < 4.78 is 6.29. The second-order valence-corrected chi connectivity index (χ2v) is 7.51. The molecule has 2 rings (SSSR count). The van der Waals surface area contributed by atoms with Crippen LogP contribution in [0.4, 0.5) is 0 Å². The van der Waals surface area contributed by atoms with Crippen LogP contribution >= 0.6 is 0 Å². The summed E-state index contributed by atoms with van der Waals surface area (Å²) in [4.78, 5) is 0. The van der Waals surface area contributed by atoms with Crippen molar-refractivity contribution < 1.29 is 4.42 Å². The average molecular weight is 303 g/mol. The summed E-state index contributed by atoms with van der Waals surface area (Å²) in [5, 5.41) is 0. The number of allylic oxidation sites excluding steroid dienone is 1. The number of hydrogen-bond donors (Lipinski definition) is 0. The lowest BCUT2D eigenvalue weighted by Gasteiger charge is -2.34. The Kier molecular flexibility index (Phi) is 6.35. The van der Waals surface area contributed by atoms with E-state index in [4.69, 9.17) is 4.42 Å². The molecule has 0 aromatic carbocycles. The van der Waals surface area contributed by atoms with Crippen LogP contribution < -0.4 is 0 Å². The van der Waals surface area contributed by atoms with E-state index >= 15 is 0 Å². The Morgan fingerprint density at radius 3 is 2.55 bits per heavy atom. The molecule has 0 amide bonds. The maximum atomic E-state index is 6.29. The van der Waals surface area contributed by atoms with Gasteiger partial charge in [0.05, 0.1) is 0 Å². The fraction of sp³-hybridized carbons (Fsp3) is 0.714. The van der Waals surface area contributed by atoms with Crippen LogP contribution in [0.25, 0.3) is 0 Å². The van der Waals surface area contributed by atoms with Crippen LogP contribution in [0.5, 0.6) is 0 Å². The first-order valence-electron chi connectivity index (χ1n) is 9.35. The van der Waals surface area contributed by atoms with Gasteiger partial charge in [-0.1, -0.05) is 59.0 Å². The molecule has 1 heteroatoms. The molecule has 1 aliphatic carbocycles. The minimum Gasteiger partial charge on any atom is -0.465 e. The van der Waals surface area contributed by atoms with Crippen LogP contribution in [0.2, 0.25) is 0 Å². The Morgan fingerprint density at radius 1 is 1.23 bits per heavy atom. The monoisotopic (exact) mass is 302 g/mol. The highest BCUT2D eigenvalue weighted by Gasteiger charge is 2.31. The van der Waals surface area contributed by atoms with Gasteiger partial charge in [-0.05, 0) is 42.7 Å². The van der Waals surface area contributed by atoms with Gasteiger partial charge in [0.25, 0.3) is 0 Å². The SMILES string of the molecule is C=CC1(Cc2oc(C(C)C)cc2CCCCC)CCCCC1. The van der Waals surface area contributed by atoms with E-state index in [-0.39, 0.29) is 5.41 Å². The van der Waals surface area contributed by atoms with Gasteiger partial charge in [-0.3, -0.25) is 0 Å². The van der Waals surface area contributed by atoms with Gasteiger partial charge in [-0.15, -0.1) is 6.58 Å². The first kappa shape index (κ1) is 17.4. The summed E-state index contributed by atoms with van der Waals surface area (Å²) in [6.45, 7) is 10.9. The van der Waals surface area contributed by atoms with Gasteiger partial charge >= 0.3 is 0 Å². The van der Waals surface area contributed by atoms with Crippen LogP contribution in [0, 0.1) is 5.41 Å². The summed E-state index contributed by atoms with van der Waals surface area (Å²) in [5.74, 6) is 2.89. The molecule has 1 saturated carbocycles. The van der Waals surface area contributed by atoms with E-state index in [0.29, 0.717) is 5.92 Å². The molecule has 1 heterocycles. The highest BCUT2D eigenvalue weighted by atomic mass is 16.3. The summed E-state index contributed by atoms with van der Waals surface area (Å²) in [7, 11) is 0. The predicted octanol–water partition coefficient (Wildman–Crippen LogP) is 6.81. The van der Waals surface area contributed by atoms with E-state index in [1.165, 1.54) is 69.1 Å². The van der Waals surface area contributed by atoms with Crippen molar-refractivity contribution in [3.8, 4) is 0 Å². The van der Waals surface area contributed by atoms with Gasteiger partial charge in [0.2, 0.25) is 0 Å². The molecule has 124 valence electrons. The summed E-state index contributed by atoms with van der Waals surface area (Å²) in [6, 6.07) is 2.33. The van der Waals surface area contributed by atoms with E-state index in [1.807, 2.05) is 0 Å². The van der Waals surface area contributed by atoms with Crippen molar-refractivity contribution in [1.29, 1.82) is 0 Å². The second kappa shape index (κ2) is 8.04. The Morgan fingerprint density at radius 2 is 1.95 bits per heavy atom. The third-order valence-electron chi connectivity index (χ3n) is 5.33. The van der Waals surface area contributed by atoms with Crippen molar-refractivity contribution >= 4 is 0 Å². The molecule has 1 aromatic rings. The van der Waals surface area contributed by atoms with Crippen LogP contribution in [-0.2, 0) is 12.8 Å². The smallest absolute Gasteiger partial charge is 0.108 e. The maximum absolute atomic E-state index is 6.29. The number of furan rings is 1. The fourth-order valence-corrected chi connectivity index (χ4v) is 3.73. The Hall–Kier alpha value is -0.980. The van der Waals surface area contributed by atoms with Gasteiger partial charge in [-0.25, -0.2) is 0 Å². The Bertz CT molecular complexity index is 460. The molecule has 0 radical (unpaired) electrons. The molecule has 0 saturated heterocycles. The van der Waals surface area contributed by atoms with E-state index in [9.17, 15) is 0 Å². The standard InChI is InChI=1S/C21H34O/c1-5-7-9-12-18-15-19(17(3)4)22-20(18)16-21(6-2)13-10-8-11-14-21/h6,15,17H,2,5,7-14,16H2,1,3-4H3. The zero-order valence-electron chi connectivity index (χ0n) is 14.9. The van der Waals surface area contributed by atoms with E-state index in [1.54, 1.807) is 0 Å². The molecule has 1 aromatic heterocycles. The zero-order chi connectivity index (χ0) is 16.0. The highest BCUT2D eigenvalue weighted by Crippen LogP contribution is 2.41. The van der Waals surface area contributed by atoms with E-state index in [0.717, 1.165) is 12.2 Å². The highest BCUT2D eigenvalue weighted by molar-refractivity contribution is 5.26. The van der Waals surface area contributed by atoms with Crippen LogP contribution in [0.1, 0.15) is 95.1 Å². The molecule has 22 heavy (non-hydrogen) atoms. The van der Waals surface area contributed by atoms with Crippen molar-refractivity contribution in [3.63, 3.8) is 0 Å². The maximum Gasteiger partial charge on any atom is 0.108 e. The molecule has 1 aliphatic rings. The fourth-order valence-electron chi connectivity index (χ4n) is 3.73. The van der Waals surface area contributed by atoms with Crippen molar-refractivity contribution in [2.45, 2.75) is 90.9 Å². The van der Waals surface area contributed by atoms with E-state index < -0.39 is 0 Å². The normalized spacial score (nSPS) is 17.8. The van der Waals surface area contributed by atoms with Crippen LogP contribution in [-0.4, -0.2) is 0 Å². The molecule has 0 atom stereocenters. The Labute approximate surface area is 137 Å². The number of hydrogen-bond acceptors (Lipinski definition) is 1. The van der Waals surface area contributed by atoms with Crippen LogP contribution in [0.15, 0.2) is 23.1 Å². The third-order valence-corrected chi connectivity index (χ3v) is 5.33. The summed E-state index contributed by atoms with van der Waals surface area (Å²) in [6.07, 6.45) is 15.0. The third kappa shape index (κ3) is 4.27. The first-order valence-corrected chi connectivity index (χ1v) is 9.35. The van der Waals surface area contributed by atoms with Crippen molar-refractivity contribution in [2.75, 3.05) is 0 Å². The van der Waals surface area contributed by atoms with Gasteiger partial charge in [0, 0.05) is 12.3 Å². The average Bonchev–Trinajstić information content (AvgIpc) is 2.92. The summed E-state index contributed by atoms with van der Waals surface area (Å²) >= 11 is 0. The van der Waals surface area contributed by atoms with Gasteiger partial charge in [0.15, 0.2) is 0 Å². The largest absolute Gasteiger partial charge is 0.465 e. The lowest BCUT2D eigenvalue weighted by molar-refractivity contribution is 0.238. The van der Waals surface area contributed by atoms with Gasteiger partial charge in [-0.2, -0.15) is 0 Å². The predicted molar refractivity (Wildman–Crippen MR) is 95.4 cm³/mol. The van der Waals surface area contributed by atoms with Crippen molar-refractivity contribution in [1.82, 2.24) is 0 Å². The number of rotatable bonds is 8. The molecule has 0 bridgehead atoms. The molecule has 0 N–H and O–H groups in total. The molecule has 0 spiro atoms. The van der Waals surface area contributed by atoms with Crippen molar-refractivity contribution in [3.05, 3.63) is 35.8 Å². The number of aryl methyl sites for hydroxylation is 1. The quantitative estimate of drug-likeness (QED) is 0.379. The van der Waals surface area contributed by atoms with Gasteiger partial charge < -0.3 is 4.42 Å². The number of unbranched alkanes of at least 4 members (excludes halogenated alkanes) is 2. The minimum absolute atomic E-state index is 0.282. The molecular weight excluding hydrogens is 268 g/mol.